The van der Waals surface area contributed by atoms with Crippen LogP contribution >= 0.6 is 15.9 Å². The van der Waals surface area contributed by atoms with E-state index in [4.69, 9.17) is 4.63 Å². The Kier molecular flexibility index (Phi) is 7.04. The predicted octanol–water partition coefficient (Wildman–Crippen LogP) is 5.34. The molecule has 4 rings (SSSR count). The van der Waals surface area contributed by atoms with Gasteiger partial charge in [0.05, 0.1) is 16.8 Å². The molecular formula is C25H19BrFN3O3. The molecule has 1 aromatic heterocycles. The van der Waals surface area contributed by atoms with Crippen LogP contribution in [-0.2, 0) is 17.6 Å². The summed E-state index contributed by atoms with van der Waals surface area (Å²) in [5.74, 6) is -1.01. The number of halogens is 2. The SMILES string of the molecule is O=C(Cc1nonc1/C(Cc1ccc(F)c(Br)c1)=N/O)C(c1ccccc1)c1ccccc1. The lowest BCUT2D eigenvalue weighted by molar-refractivity contribution is -0.119. The summed E-state index contributed by atoms with van der Waals surface area (Å²) in [5.41, 5.74) is 3.02. The average Bonchev–Trinajstić information content (AvgIpc) is 3.29. The van der Waals surface area contributed by atoms with Gasteiger partial charge in [-0.2, -0.15) is 0 Å². The van der Waals surface area contributed by atoms with E-state index in [0.717, 1.165) is 11.1 Å². The summed E-state index contributed by atoms with van der Waals surface area (Å²) in [7, 11) is 0. The first-order chi connectivity index (χ1) is 16.1. The van der Waals surface area contributed by atoms with Gasteiger partial charge in [-0.3, -0.25) is 4.79 Å². The maximum Gasteiger partial charge on any atom is 0.156 e. The zero-order valence-corrected chi connectivity index (χ0v) is 18.9. The van der Waals surface area contributed by atoms with Gasteiger partial charge in [-0.1, -0.05) is 77.0 Å². The van der Waals surface area contributed by atoms with E-state index < -0.39 is 11.7 Å². The fraction of sp³-hybridized carbons (Fsp3) is 0.120. The van der Waals surface area contributed by atoms with Crippen molar-refractivity contribution in [1.82, 2.24) is 10.3 Å². The third-order valence-corrected chi connectivity index (χ3v) is 5.84. The third kappa shape index (κ3) is 5.23. The van der Waals surface area contributed by atoms with Crippen LogP contribution in [0.1, 0.15) is 34.0 Å². The Hall–Kier alpha value is -3.65. The Morgan fingerprint density at radius 2 is 1.61 bits per heavy atom. The van der Waals surface area contributed by atoms with E-state index in [1.807, 2.05) is 60.7 Å². The van der Waals surface area contributed by atoms with Gasteiger partial charge in [0, 0.05) is 6.42 Å². The monoisotopic (exact) mass is 507 g/mol. The minimum Gasteiger partial charge on any atom is -0.411 e. The molecule has 8 heteroatoms. The van der Waals surface area contributed by atoms with Crippen LogP contribution in [0.2, 0.25) is 0 Å². The molecule has 0 unspecified atom stereocenters. The average molecular weight is 508 g/mol. The van der Waals surface area contributed by atoms with E-state index in [0.29, 0.717) is 10.0 Å². The van der Waals surface area contributed by atoms with E-state index in [2.05, 4.69) is 31.4 Å². The fourth-order valence-corrected chi connectivity index (χ4v) is 4.10. The molecule has 0 bridgehead atoms. The van der Waals surface area contributed by atoms with Crippen LogP contribution in [0.3, 0.4) is 0 Å². The third-order valence-electron chi connectivity index (χ3n) is 5.24. The molecule has 0 aliphatic heterocycles. The Balaban J connectivity index is 1.61. The quantitative estimate of drug-likeness (QED) is 0.197. The van der Waals surface area contributed by atoms with Gasteiger partial charge < -0.3 is 5.21 Å². The second-order valence-electron chi connectivity index (χ2n) is 7.43. The number of Topliss-reactive ketones (excluding diaryl/α,β-unsaturated/α-hetero) is 1. The first-order valence-electron chi connectivity index (χ1n) is 10.2. The zero-order valence-electron chi connectivity index (χ0n) is 17.4. The summed E-state index contributed by atoms with van der Waals surface area (Å²) in [5, 5.41) is 20.7. The molecule has 166 valence electrons. The van der Waals surface area contributed by atoms with E-state index in [1.54, 1.807) is 12.1 Å². The Morgan fingerprint density at radius 3 is 2.18 bits per heavy atom. The Bertz CT molecular complexity index is 1240. The second-order valence-corrected chi connectivity index (χ2v) is 8.28. The minimum absolute atomic E-state index is 0.0700. The number of hydrogen-bond acceptors (Lipinski definition) is 6. The molecule has 0 amide bonds. The summed E-state index contributed by atoms with van der Waals surface area (Å²) in [6.45, 7) is 0. The molecule has 0 saturated heterocycles. The molecule has 0 radical (unpaired) electrons. The summed E-state index contributed by atoms with van der Waals surface area (Å²) >= 11 is 3.15. The van der Waals surface area contributed by atoms with Crippen LogP contribution in [-0.4, -0.2) is 27.0 Å². The van der Waals surface area contributed by atoms with Crippen LogP contribution < -0.4 is 0 Å². The smallest absolute Gasteiger partial charge is 0.156 e. The van der Waals surface area contributed by atoms with Crippen LogP contribution in [0.5, 0.6) is 0 Å². The topological polar surface area (TPSA) is 88.6 Å². The Morgan fingerprint density at radius 1 is 0.970 bits per heavy atom. The highest BCUT2D eigenvalue weighted by molar-refractivity contribution is 9.10. The summed E-state index contributed by atoms with van der Waals surface area (Å²) in [4.78, 5) is 13.5. The highest BCUT2D eigenvalue weighted by Crippen LogP contribution is 2.27. The van der Waals surface area contributed by atoms with Gasteiger partial charge >= 0.3 is 0 Å². The van der Waals surface area contributed by atoms with Gasteiger partial charge in [0.25, 0.3) is 0 Å². The maximum absolute atomic E-state index is 13.6. The van der Waals surface area contributed by atoms with E-state index in [9.17, 15) is 14.4 Å². The molecule has 0 atom stereocenters. The molecular weight excluding hydrogens is 489 g/mol. The number of oxime groups is 1. The normalized spacial score (nSPS) is 11.7. The molecule has 6 nitrogen and oxygen atoms in total. The number of carbonyl (C=O) groups is 1. The first-order valence-corrected chi connectivity index (χ1v) is 11.0. The number of benzene rings is 3. The van der Waals surface area contributed by atoms with Crippen molar-refractivity contribution in [1.29, 1.82) is 0 Å². The number of rotatable bonds is 8. The van der Waals surface area contributed by atoms with Crippen molar-refractivity contribution in [2.75, 3.05) is 0 Å². The lowest BCUT2D eigenvalue weighted by atomic mass is 9.85. The molecule has 0 saturated carbocycles. The number of nitrogens with zero attached hydrogens (tertiary/aromatic N) is 3. The predicted molar refractivity (Wildman–Crippen MR) is 124 cm³/mol. The van der Waals surface area contributed by atoms with Gasteiger partial charge in [0.2, 0.25) is 0 Å². The van der Waals surface area contributed by atoms with Crippen LogP contribution in [0, 0.1) is 5.82 Å². The standard InChI is InChI=1S/C25H19BrFN3O3/c26-19-13-16(11-12-20(19)27)14-21(28-32)25-22(29-33-30-25)15-23(31)24(17-7-3-1-4-8-17)18-9-5-2-6-10-18/h1-13,24,32H,14-15H2/b28-21+. The van der Waals surface area contributed by atoms with Crippen molar-refractivity contribution in [2.45, 2.75) is 18.8 Å². The van der Waals surface area contributed by atoms with E-state index in [-0.39, 0.29) is 35.7 Å². The molecule has 4 aromatic rings. The van der Waals surface area contributed by atoms with Crippen LogP contribution in [0.15, 0.2) is 93.1 Å². The van der Waals surface area contributed by atoms with Crippen LogP contribution in [0.4, 0.5) is 4.39 Å². The molecule has 0 aliphatic rings. The van der Waals surface area contributed by atoms with E-state index >= 15 is 0 Å². The zero-order chi connectivity index (χ0) is 23.2. The second kappa shape index (κ2) is 10.3. The minimum atomic E-state index is -0.500. The van der Waals surface area contributed by atoms with E-state index in [1.165, 1.54) is 6.07 Å². The van der Waals surface area contributed by atoms with Crippen LogP contribution in [0.25, 0.3) is 0 Å². The summed E-state index contributed by atoms with van der Waals surface area (Å²) in [6.07, 6.45) is 0.0744. The number of hydrogen-bond donors (Lipinski definition) is 1. The van der Waals surface area contributed by atoms with Gasteiger partial charge in [-0.05, 0) is 49.9 Å². The highest BCUT2D eigenvalue weighted by atomic mass is 79.9. The van der Waals surface area contributed by atoms with Gasteiger partial charge in [0.1, 0.15) is 17.2 Å². The Labute approximate surface area is 197 Å². The van der Waals surface area contributed by atoms with Gasteiger partial charge in [-0.25, -0.2) is 9.02 Å². The van der Waals surface area contributed by atoms with Crippen molar-refractivity contribution in [3.05, 3.63) is 117 Å². The van der Waals surface area contributed by atoms with Crippen molar-refractivity contribution >= 4 is 27.4 Å². The summed E-state index contributed by atoms with van der Waals surface area (Å²) < 4.78 is 18.7. The molecule has 33 heavy (non-hydrogen) atoms. The fourth-order valence-electron chi connectivity index (χ4n) is 3.67. The number of carbonyl (C=O) groups excluding carboxylic acids is 1. The van der Waals surface area contributed by atoms with Gasteiger partial charge in [-0.15, -0.1) is 0 Å². The summed E-state index contributed by atoms with van der Waals surface area (Å²) in [6, 6.07) is 23.4. The molecule has 3 aromatic carbocycles. The first kappa shape index (κ1) is 22.5. The van der Waals surface area contributed by atoms with Gasteiger partial charge in [0.15, 0.2) is 11.5 Å². The molecule has 1 N–H and O–H groups in total. The van der Waals surface area contributed by atoms with Crippen molar-refractivity contribution in [3.63, 3.8) is 0 Å². The van der Waals surface area contributed by atoms with Crippen molar-refractivity contribution in [2.24, 2.45) is 5.16 Å². The van der Waals surface area contributed by atoms with Crippen molar-refractivity contribution in [3.8, 4) is 0 Å². The lowest BCUT2D eigenvalue weighted by Gasteiger charge is -2.16. The molecule has 0 fully saturated rings. The molecule has 0 aliphatic carbocycles. The maximum atomic E-state index is 13.6. The molecule has 1 heterocycles. The molecule has 0 spiro atoms. The largest absolute Gasteiger partial charge is 0.411 e. The highest BCUT2D eigenvalue weighted by Gasteiger charge is 2.27. The van der Waals surface area contributed by atoms with Crippen molar-refractivity contribution < 1.29 is 19.0 Å². The number of aromatic nitrogens is 2. The lowest BCUT2D eigenvalue weighted by Crippen LogP contribution is -2.19. The number of ketones is 1.